The lowest BCUT2D eigenvalue weighted by atomic mass is 10.1. The maximum atomic E-state index is 12.5. The summed E-state index contributed by atoms with van der Waals surface area (Å²) in [6.07, 6.45) is 0.790. The number of aromatic nitrogens is 3. The molecule has 1 aromatic heterocycles. The van der Waals surface area contributed by atoms with Gasteiger partial charge in [0.05, 0.1) is 26.0 Å². The number of piperazine rings is 1. The fraction of sp³-hybridized carbons (Fsp3) is 0.423. The molecule has 2 aliphatic heterocycles. The van der Waals surface area contributed by atoms with E-state index in [1.165, 1.54) is 5.56 Å². The predicted octanol–water partition coefficient (Wildman–Crippen LogP) is 2.63. The van der Waals surface area contributed by atoms with Gasteiger partial charge in [0.2, 0.25) is 0 Å². The topological polar surface area (TPSA) is 84.8 Å². The average Bonchev–Trinajstić information content (AvgIpc) is 3.31. The number of nitrogens with zero attached hydrogens (tertiary/aromatic N) is 5. The van der Waals surface area contributed by atoms with Gasteiger partial charge >= 0.3 is 6.03 Å². The van der Waals surface area contributed by atoms with E-state index in [-0.39, 0.29) is 12.1 Å². The number of hydrogen-bond acceptors (Lipinski definition) is 6. The van der Waals surface area contributed by atoms with E-state index in [9.17, 15) is 4.79 Å². The zero-order valence-electron chi connectivity index (χ0n) is 20.1. The van der Waals surface area contributed by atoms with E-state index in [4.69, 9.17) is 9.47 Å². The Morgan fingerprint density at radius 3 is 2.60 bits per heavy atom. The molecule has 5 rings (SSSR count). The van der Waals surface area contributed by atoms with Crippen LogP contribution in [0.2, 0.25) is 0 Å². The van der Waals surface area contributed by atoms with E-state index in [2.05, 4.69) is 32.7 Å². The number of ether oxygens (including phenoxy) is 2. The Morgan fingerprint density at radius 1 is 1.09 bits per heavy atom. The van der Waals surface area contributed by atoms with Gasteiger partial charge in [-0.3, -0.25) is 4.90 Å². The molecule has 0 saturated carbocycles. The minimum atomic E-state index is -0.0492. The maximum Gasteiger partial charge on any atom is 0.317 e. The van der Waals surface area contributed by atoms with Crippen LogP contribution < -0.4 is 10.1 Å². The van der Waals surface area contributed by atoms with Gasteiger partial charge in [-0.2, -0.15) is 0 Å². The number of carbonyl (C=O) groups excluding carboxylic acids is 1. The molecule has 0 aliphatic carbocycles. The van der Waals surface area contributed by atoms with Crippen LogP contribution in [0.15, 0.2) is 54.6 Å². The minimum absolute atomic E-state index is 0.0135. The molecule has 0 radical (unpaired) electrons. The molecule has 1 fully saturated rings. The lowest BCUT2D eigenvalue weighted by Gasteiger charge is -2.34. The van der Waals surface area contributed by atoms with E-state index in [0.29, 0.717) is 32.8 Å². The number of nitrogens with one attached hydrogen (secondary N) is 1. The Labute approximate surface area is 205 Å². The number of fused-ring (bicyclic) bond motifs is 1. The molecular weight excluding hydrogens is 444 g/mol. The van der Waals surface area contributed by atoms with Crippen molar-refractivity contribution in [2.45, 2.75) is 32.2 Å². The summed E-state index contributed by atoms with van der Waals surface area (Å²) in [5.41, 5.74) is 4.33. The first-order valence-electron chi connectivity index (χ1n) is 12.2. The fourth-order valence-corrected chi connectivity index (χ4v) is 4.60. The third-order valence-corrected chi connectivity index (χ3v) is 6.73. The Kier molecular flexibility index (Phi) is 7.25. The predicted molar refractivity (Wildman–Crippen MR) is 131 cm³/mol. The summed E-state index contributed by atoms with van der Waals surface area (Å²) in [6, 6.07) is 18.2. The van der Waals surface area contributed by atoms with Crippen LogP contribution >= 0.6 is 0 Å². The molecule has 1 N–H and O–H groups in total. The highest BCUT2D eigenvalue weighted by Crippen LogP contribution is 2.28. The van der Waals surface area contributed by atoms with Gasteiger partial charge in [0.15, 0.2) is 0 Å². The highest BCUT2D eigenvalue weighted by atomic mass is 16.5. The fourth-order valence-electron chi connectivity index (χ4n) is 4.60. The highest BCUT2D eigenvalue weighted by molar-refractivity contribution is 5.74. The van der Waals surface area contributed by atoms with E-state index in [0.717, 1.165) is 48.8 Å². The zero-order valence-corrected chi connectivity index (χ0v) is 20.1. The lowest BCUT2D eigenvalue weighted by Crippen LogP contribution is -2.51. The Bertz CT molecular complexity index is 1110. The summed E-state index contributed by atoms with van der Waals surface area (Å²) in [5, 5.41) is 11.9. The molecule has 3 aromatic rings. The molecule has 184 valence electrons. The number of amides is 2. The number of rotatable bonds is 7. The van der Waals surface area contributed by atoms with Crippen LogP contribution in [0.4, 0.5) is 4.79 Å². The molecule has 1 atom stereocenters. The molecule has 0 unspecified atom stereocenters. The van der Waals surface area contributed by atoms with Crippen LogP contribution in [-0.2, 0) is 30.9 Å². The van der Waals surface area contributed by atoms with Crippen LogP contribution in [0, 0.1) is 0 Å². The molecule has 35 heavy (non-hydrogen) atoms. The minimum Gasteiger partial charge on any atom is -0.497 e. The Morgan fingerprint density at radius 2 is 1.86 bits per heavy atom. The molecule has 0 spiro atoms. The zero-order chi connectivity index (χ0) is 24.0. The van der Waals surface area contributed by atoms with Crippen molar-refractivity contribution >= 4 is 6.03 Å². The number of urea groups is 1. The first kappa shape index (κ1) is 23.3. The number of methoxy groups -OCH3 is 1. The van der Waals surface area contributed by atoms with Gasteiger partial charge in [-0.25, -0.2) is 9.48 Å². The molecule has 9 nitrogen and oxygen atoms in total. The second-order valence-corrected chi connectivity index (χ2v) is 8.97. The first-order valence-corrected chi connectivity index (χ1v) is 12.2. The highest BCUT2D eigenvalue weighted by Gasteiger charge is 2.27. The van der Waals surface area contributed by atoms with Crippen molar-refractivity contribution < 1.29 is 14.3 Å². The summed E-state index contributed by atoms with van der Waals surface area (Å²) in [4.78, 5) is 16.8. The second-order valence-electron chi connectivity index (χ2n) is 8.97. The van der Waals surface area contributed by atoms with Gasteiger partial charge in [0.1, 0.15) is 17.5 Å². The van der Waals surface area contributed by atoms with Crippen molar-refractivity contribution in [3.63, 3.8) is 0 Å². The third kappa shape index (κ3) is 5.63. The second kappa shape index (κ2) is 10.9. The van der Waals surface area contributed by atoms with E-state index in [1.807, 2.05) is 52.0 Å². The van der Waals surface area contributed by atoms with Gasteiger partial charge in [-0.1, -0.05) is 47.7 Å². The molecule has 2 aliphatic rings. The number of benzene rings is 2. The third-order valence-electron chi connectivity index (χ3n) is 6.73. The van der Waals surface area contributed by atoms with Crippen LogP contribution in [0.5, 0.6) is 5.75 Å². The molecule has 2 amide bonds. The molecule has 9 heteroatoms. The monoisotopic (exact) mass is 476 g/mol. The lowest BCUT2D eigenvalue weighted by molar-refractivity contribution is -0.00220. The van der Waals surface area contributed by atoms with Gasteiger partial charge in [-0.15, -0.1) is 5.10 Å². The van der Waals surface area contributed by atoms with Gasteiger partial charge in [0.25, 0.3) is 0 Å². The van der Waals surface area contributed by atoms with Gasteiger partial charge < -0.3 is 19.7 Å². The molecule has 0 bridgehead atoms. The summed E-state index contributed by atoms with van der Waals surface area (Å²) < 4.78 is 13.4. The van der Waals surface area contributed by atoms with Gasteiger partial charge in [-0.05, 0) is 29.7 Å². The van der Waals surface area contributed by atoms with Crippen LogP contribution in [0.1, 0.15) is 28.6 Å². The standard InChI is InChI=1S/C26H32N6O3/c1-34-22-9-7-21(8-10-22)25-18-32-24(19-35-25)23(28-29-32)17-30-13-15-31(16-14-30)26(33)27-12-11-20-5-3-2-4-6-20/h2-10,25H,11-19H2,1H3,(H,27,33)/t25-/m1/s1. The normalized spacial score (nSPS) is 18.2. The van der Waals surface area contributed by atoms with E-state index in [1.54, 1.807) is 7.11 Å². The summed E-state index contributed by atoms with van der Waals surface area (Å²) in [7, 11) is 1.66. The molecule has 2 aromatic carbocycles. The first-order chi connectivity index (χ1) is 17.2. The SMILES string of the molecule is COc1ccc([C@H]2Cn3nnc(CN4CCN(C(=O)NCCc5ccccc5)CC4)c3CO2)cc1. The van der Waals surface area contributed by atoms with E-state index >= 15 is 0 Å². The largest absolute Gasteiger partial charge is 0.497 e. The molecule has 3 heterocycles. The maximum absolute atomic E-state index is 12.5. The van der Waals surface area contributed by atoms with Crippen LogP contribution in [-0.4, -0.2) is 70.7 Å². The van der Waals surface area contributed by atoms with Crippen molar-refractivity contribution in [2.75, 3.05) is 39.8 Å². The summed E-state index contributed by atoms with van der Waals surface area (Å²) in [6.45, 7) is 5.53. The van der Waals surface area contributed by atoms with Crippen LogP contribution in [0.25, 0.3) is 0 Å². The summed E-state index contributed by atoms with van der Waals surface area (Å²) >= 11 is 0. The smallest absolute Gasteiger partial charge is 0.317 e. The summed E-state index contributed by atoms with van der Waals surface area (Å²) in [5.74, 6) is 0.832. The molecule has 1 saturated heterocycles. The van der Waals surface area contributed by atoms with Crippen molar-refractivity contribution in [3.05, 3.63) is 77.1 Å². The van der Waals surface area contributed by atoms with Crippen molar-refractivity contribution in [3.8, 4) is 5.75 Å². The number of carbonyl (C=O) groups is 1. The quantitative estimate of drug-likeness (QED) is 0.564. The van der Waals surface area contributed by atoms with E-state index < -0.39 is 0 Å². The number of hydrogen-bond donors (Lipinski definition) is 1. The average molecular weight is 477 g/mol. The Balaban J connectivity index is 1.08. The molecular formula is C26H32N6O3. The van der Waals surface area contributed by atoms with Crippen molar-refractivity contribution in [1.29, 1.82) is 0 Å². The van der Waals surface area contributed by atoms with Crippen molar-refractivity contribution in [1.82, 2.24) is 30.1 Å². The van der Waals surface area contributed by atoms with Gasteiger partial charge in [0, 0.05) is 39.3 Å². The van der Waals surface area contributed by atoms with Crippen LogP contribution in [0.3, 0.4) is 0 Å². The Hall–Kier alpha value is -3.43. The van der Waals surface area contributed by atoms with Crippen molar-refractivity contribution in [2.24, 2.45) is 0 Å².